The Bertz CT molecular complexity index is 773. The summed E-state index contributed by atoms with van der Waals surface area (Å²) in [5.74, 6) is 4.05. The van der Waals surface area contributed by atoms with Crippen molar-refractivity contribution in [1.29, 1.82) is 0 Å². The first-order valence-electron chi connectivity index (χ1n) is 9.12. The lowest BCUT2D eigenvalue weighted by Crippen LogP contribution is -2.23. The Morgan fingerprint density at radius 1 is 1.00 bits per heavy atom. The molecule has 26 heavy (non-hydrogen) atoms. The molecule has 1 aliphatic carbocycles. The average Bonchev–Trinajstić information content (AvgIpc) is 3.53. The maximum absolute atomic E-state index is 5.75. The minimum atomic E-state index is 0.293. The summed E-state index contributed by atoms with van der Waals surface area (Å²) in [6.45, 7) is 1.95. The first-order chi connectivity index (χ1) is 12.8. The number of ether oxygens (including phenoxy) is 4. The van der Waals surface area contributed by atoms with Crippen molar-refractivity contribution in [3.63, 3.8) is 0 Å². The summed E-state index contributed by atoms with van der Waals surface area (Å²) in [7, 11) is 3.38. The maximum atomic E-state index is 5.75. The molecule has 0 aromatic heterocycles. The molecule has 1 unspecified atom stereocenters. The predicted molar refractivity (Wildman–Crippen MR) is 99.3 cm³/mol. The molecule has 138 valence electrons. The second-order valence-corrected chi connectivity index (χ2v) is 6.78. The van der Waals surface area contributed by atoms with E-state index in [4.69, 9.17) is 18.9 Å². The predicted octanol–water partition coefficient (Wildman–Crippen LogP) is 3.72. The van der Waals surface area contributed by atoms with Crippen molar-refractivity contribution >= 4 is 0 Å². The number of rotatable bonds is 7. The minimum absolute atomic E-state index is 0.293. The summed E-state index contributed by atoms with van der Waals surface area (Å²) in [5.41, 5.74) is 2.34. The van der Waals surface area contributed by atoms with E-state index in [2.05, 4.69) is 17.4 Å². The van der Waals surface area contributed by atoms with Gasteiger partial charge in [0, 0.05) is 18.2 Å². The minimum Gasteiger partial charge on any atom is -0.497 e. The molecule has 0 bridgehead atoms. The molecule has 0 amide bonds. The molecule has 1 heterocycles. The van der Waals surface area contributed by atoms with Gasteiger partial charge in [-0.05, 0) is 54.7 Å². The number of nitrogens with one attached hydrogen (secondary N) is 1. The average molecular weight is 355 g/mol. The number of fused-ring (bicyclic) bond motifs is 1. The van der Waals surface area contributed by atoms with E-state index < -0.39 is 0 Å². The monoisotopic (exact) mass is 355 g/mol. The highest BCUT2D eigenvalue weighted by Crippen LogP contribution is 2.43. The van der Waals surface area contributed by atoms with Gasteiger partial charge in [-0.1, -0.05) is 6.07 Å². The van der Waals surface area contributed by atoms with Crippen molar-refractivity contribution in [1.82, 2.24) is 5.32 Å². The molecule has 0 spiro atoms. The van der Waals surface area contributed by atoms with Crippen LogP contribution in [0.3, 0.4) is 0 Å². The zero-order valence-corrected chi connectivity index (χ0v) is 15.3. The highest BCUT2D eigenvalue weighted by Gasteiger charge is 2.33. The van der Waals surface area contributed by atoms with Gasteiger partial charge in [0.1, 0.15) is 24.7 Å². The zero-order valence-electron chi connectivity index (χ0n) is 15.3. The van der Waals surface area contributed by atoms with Crippen LogP contribution in [0.25, 0.3) is 0 Å². The van der Waals surface area contributed by atoms with Gasteiger partial charge in [0.15, 0.2) is 11.5 Å². The van der Waals surface area contributed by atoms with Crippen LogP contribution in [-0.2, 0) is 6.54 Å². The standard InChI is InChI=1S/C21H25NO4/c1-23-17-6-8-18(24-2)16(11-17)13-22-21(14-3-4-14)15-5-7-19-20(12-15)26-10-9-25-19/h5-8,11-12,14,21-22H,3-4,9-10,13H2,1-2H3. The van der Waals surface area contributed by atoms with Crippen LogP contribution in [-0.4, -0.2) is 27.4 Å². The summed E-state index contributed by atoms with van der Waals surface area (Å²) in [5, 5.41) is 3.72. The van der Waals surface area contributed by atoms with Crippen LogP contribution in [0.4, 0.5) is 0 Å². The third-order valence-corrected chi connectivity index (χ3v) is 5.02. The molecule has 2 aliphatic rings. The van der Waals surface area contributed by atoms with Crippen molar-refractivity contribution in [2.24, 2.45) is 5.92 Å². The van der Waals surface area contributed by atoms with Gasteiger partial charge >= 0.3 is 0 Å². The Hall–Kier alpha value is -2.40. The molecule has 5 heteroatoms. The van der Waals surface area contributed by atoms with Crippen LogP contribution in [0.5, 0.6) is 23.0 Å². The number of benzene rings is 2. The van der Waals surface area contributed by atoms with E-state index in [-0.39, 0.29) is 0 Å². The smallest absolute Gasteiger partial charge is 0.161 e. The SMILES string of the molecule is COc1ccc(OC)c(CNC(c2ccc3c(c2)OCCO3)C2CC2)c1. The van der Waals surface area contributed by atoms with Crippen LogP contribution in [0, 0.1) is 5.92 Å². The molecule has 2 aromatic rings. The Balaban J connectivity index is 1.53. The van der Waals surface area contributed by atoms with Crippen molar-refractivity contribution in [2.75, 3.05) is 27.4 Å². The van der Waals surface area contributed by atoms with Crippen LogP contribution in [0.2, 0.25) is 0 Å². The molecule has 0 saturated heterocycles. The highest BCUT2D eigenvalue weighted by molar-refractivity contribution is 5.45. The summed E-state index contributed by atoms with van der Waals surface area (Å²) >= 11 is 0. The summed E-state index contributed by atoms with van der Waals surface area (Å²) in [6, 6.07) is 12.5. The molecule has 1 saturated carbocycles. The van der Waals surface area contributed by atoms with E-state index in [0.29, 0.717) is 25.2 Å². The lowest BCUT2D eigenvalue weighted by atomic mass is 10.0. The summed E-state index contributed by atoms with van der Waals surface area (Å²) in [4.78, 5) is 0. The quantitative estimate of drug-likeness (QED) is 0.820. The van der Waals surface area contributed by atoms with E-state index >= 15 is 0 Å². The van der Waals surface area contributed by atoms with Crippen LogP contribution in [0.1, 0.15) is 30.0 Å². The number of methoxy groups -OCH3 is 2. The van der Waals surface area contributed by atoms with E-state index in [9.17, 15) is 0 Å². The van der Waals surface area contributed by atoms with E-state index in [0.717, 1.165) is 35.1 Å². The van der Waals surface area contributed by atoms with Crippen molar-refractivity contribution in [2.45, 2.75) is 25.4 Å². The first kappa shape index (κ1) is 17.0. The van der Waals surface area contributed by atoms with Crippen LogP contribution in [0.15, 0.2) is 36.4 Å². The van der Waals surface area contributed by atoms with Crippen LogP contribution < -0.4 is 24.3 Å². The van der Waals surface area contributed by atoms with Gasteiger partial charge in [-0.3, -0.25) is 0 Å². The van der Waals surface area contributed by atoms with Crippen molar-refractivity contribution in [3.8, 4) is 23.0 Å². The van der Waals surface area contributed by atoms with E-state index in [1.807, 2.05) is 24.3 Å². The number of hydrogen-bond acceptors (Lipinski definition) is 5. The fraction of sp³-hybridized carbons (Fsp3) is 0.429. The zero-order chi connectivity index (χ0) is 17.9. The molecule has 1 fully saturated rings. The second kappa shape index (κ2) is 7.46. The van der Waals surface area contributed by atoms with E-state index in [1.54, 1.807) is 14.2 Å². The molecule has 2 aromatic carbocycles. The molecule has 1 atom stereocenters. The highest BCUT2D eigenvalue weighted by atomic mass is 16.6. The number of hydrogen-bond donors (Lipinski definition) is 1. The molecule has 1 N–H and O–H groups in total. The molecule has 1 aliphatic heterocycles. The van der Waals surface area contributed by atoms with Gasteiger partial charge in [0.05, 0.1) is 14.2 Å². The van der Waals surface area contributed by atoms with E-state index in [1.165, 1.54) is 18.4 Å². The van der Waals surface area contributed by atoms with Crippen molar-refractivity contribution in [3.05, 3.63) is 47.5 Å². The largest absolute Gasteiger partial charge is 0.497 e. The van der Waals surface area contributed by atoms with Crippen LogP contribution >= 0.6 is 0 Å². The summed E-state index contributed by atoms with van der Waals surface area (Å²) < 4.78 is 22.3. The molecule has 0 radical (unpaired) electrons. The molecular weight excluding hydrogens is 330 g/mol. The molecular formula is C21H25NO4. The third-order valence-electron chi connectivity index (χ3n) is 5.02. The summed E-state index contributed by atoms with van der Waals surface area (Å²) in [6.07, 6.45) is 2.50. The van der Waals surface area contributed by atoms with Gasteiger partial charge in [-0.15, -0.1) is 0 Å². The van der Waals surface area contributed by atoms with Crippen molar-refractivity contribution < 1.29 is 18.9 Å². The van der Waals surface area contributed by atoms with Gasteiger partial charge in [0.2, 0.25) is 0 Å². The third kappa shape index (κ3) is 3.58. The fourth-order valence-corrected chi connectivity index (χ4v) is 3.48. The Morgan fingerprint density at radius 3 is 2.54 bits per heavy atom. The van der Waals surface area contributed by atoms with Gasteiger partial charge in [-0.25, -0.2) is 0 Å². The second-order valence-electron chi connectivity index (χ2n) is 6.78. The lowest BCUT2D eigenvalue weighted by Gasteiger charge is -2.23. The Kier molecular flexibility index (Phi) is 4.89. The maximum Gasteiger partial charge on any atom is 0.161 e. The Labute approximate surface area is 154 Å². The van der Waals surface area contributed by atoms with Gasteiger partial charge in [0.25, 0.3) is 0 Å². The fourth-order valence-electron chi connectivity index (χ4n) is 3.48. The molecule has 5 nitrogen and oxygen atoms in total. The molecule has 4 rings (SSSR count). The van der Waals surface area contributed by atoms with Gasteiger partial charge in [-0.2, -0.15) is 0 Å². The lowest BCUT2D eigenvalue weighted by molar-refractivity contribution is 0.171. The normalized spacial score (nSPS) is 16.8. The Morgan fingerprint density at radius 2 is 1.81 bits per heavy atom. The first-order valence-corrected chi connectivity index (χ1v) is 9.12. The van der Waals surface area contributed by atoms with Gasteiger partial charge < -0.3 is 24.3 Å². The topological polar surface area (TPSA) is 49.0 Å².